The SMILES string of the molecule is CCCCCCCC.CN(C)O. The zero-order valence-corrected chi connectivity index (χ0v) is 9.14. The summed E-state index contributed by atoms with van der Waals surface area (Å²) < 4.78 is 0. The summed E-state index contributed by atoms with van der Waals surface area (Å²) in [6.07, 6.45) is 8.49. The van der Waals surface area contributed by atoms with Crippen molar-refractivity contribution in [2.45, 2.75) is 52.4 Å². The Kier molecular flexibility index (Phi) is 16.3. The van der Waals surface area contributed by atoms with Gasteiger partial charge >= 0.3 is 0 Å². The van der Waals surface area contributed by atoms with Crippen LogP contribution < -0.4 is 0 Å². The van der Waals surface area contributed by atoms with Crippen molar-refractivity contribution in [3.05, 3.63) is 0 Å². The molecular weight excluding hydrogens is 150 g/mol. The van der Waals surface area contributed by atoms with Gasteiger partial charge in [0.1, 0.15) is 0 Å². The Balaban J connectivity index is 0. The van der Waals surface area contributed by atoms with E-state index in [1.54, 1.807) is 14.1 Å². The monoisotopic (exact) mass is 175 g/mol. The topological polar surface area (TPSA) is 23.5 Å². The van der Waals surface area contributed by atoms with Crippen molar-refractivity contribution in [2.75, 3.05) is 14.1 Å². The molecule has 0 saturated carbocycles. The first-order valence-corrected chi connectivity index (χ1v) is 5.01. The maximum atomic E-state index is 7.89. The normalized spacial score (nSPS) is 9.50. The van der Waals surface area contributed by atoms with E-state index in [2.05, 4.69) is 13.8 Å². The molecule has 0 bridgehead atoms. The molecule has 0 aliphatic heterocycles. The lowest BCUT2D eigenvalue weighted by atomic mass is 10.1. The third-order valence-corrected chi connectivity index (χ3v) is 1.46. The average Bonchev–Trinajstić information content (AvgIpc) is 1.97. The minimum Gasteiger partial charge on any atom is -0.315 e. The Labute approximate surface area is 77.5 Å². The highest BCUT2D eigenvalue weighted by molar-refractivity contribution is 4.39. The molecule has 12 heavy (non-hydrogen) atoms. The van der Waals surface area contributed by atoms with Gasteiger partial charge in [0.25, 0.3) is 0 Å². The molecular formula is C10H25NO. The molecule has 2 heteroatoms. The largest absolute Gasteiger partial charge is 0.315 e. The van der Waals surface area contributed by atoms with Crippen LogP contribution in [0.15, 0.2) is 0 Å². The highest BCUT2D eigenvalue weighted by Crippen LogP contribution is 2.03. The molecule has 76 valence electrons. The molecule has 0 aromatic heterocycles. The van der Waals surface area contributed by atoms with Crippen molar-refractivity contribution < 1.29 is 5.21 Å². The second-order valence-corrected chi connectivity index (χ2v) is 3.26. The van der Waals surface area contributed by atoms with Crippen LogP contribution >= 0.6 is 0 Å². The number of hydroxylamine groups is 2. The number of rotatable bonds is 5. The lowest BCUT2D eigenvalue weighted by Crippen LogP contribution is -2.01. The van der Waals surface area contributed by atoms with E-state index in [9.17, 15) is 0 Å². The van der Waals surface area contributed by atoms with Gasteiger partial charge in [-0.05, 0) is 0 Å². The molecule has 0 radical (unpaired) electrons. The predicted molar refractivity (Wildman–Crippen MR) is 54.5 cm³/mol. The first kappa shape index (κ1) is 14.4. The second-order valence-electron chi connectivity index (χ2n) is 3.26. The molecule has 0 unspecified atom stereocenters. The molecule has 0 spiro atoms. The standard InChI is InChI=1S/C8H18.C2H7NO/c1-3-5-7-8-6-4-2;1-3(2)4/h3-8H2,1-2H3;4H,1-2H3. The van der Waals surface area contributed by atoms with Crippen molar-refractivity contribution >= 4 is 0 Å². The number of nitrogens with zero attached hydrogens (tertiary/aromatic N) is 1. The van der Waals surface area contributed by atoms with E-state index in [0.29, 0.717) is 0 Å². The zero-order chi connectivity index (χ0) is 9.82. The summed E-state index contributed by atoms with van der Waals surface area (Å²) in [5.74, 6) is 0. The number of hydrogen-bond donors (Lipinski definition) is 1. The molecule has 0 aliphatic carbocycles. The quantitative estimate of drug-likeness (QED) is 0.512. The molecule has 0 saturated heterocycles. The molecule has 0 heterocycles. The van der Waals surface area contributed by atoms with E-state index >= 15 is 0 Å². The van der Waals surface area contributed by atoms with Gasteiger partial charge in [-0.1, -0.05) is 52.4 Å². The second kappa shape index (κ2) is 13.5. The smallest absolute Gasteiger partial charge is 0.0121 e. The highest BCUT2D eigenvalue weighted by atomic mass is 16.5. The molecule has 0 fully saturated rings. The fourth-order valence-electron chi connectivity index (χ4n) is 0.854. The van der Waals surface area contributed by atoms with Crippen molar-refractivity contribution in [3.8, 4) is 0 Å². The maximum Gasteiger partial charge on any atom is 0.0121 e. The van der Waals surface area contributed by atoms with Gasteiger partial charge in [-0.3, -0.25) is 0 Å². The number of hydrogen-bond acceptors (Lipinski definition) is 2. The van der Waals surface area contributed by atoms with Crippen LogP contribution in [0.3, 0.4) is 0 Å². The van der Waals surface area contributed by atoms with Gasteiger partial charge in [0.15, 0.2) is 0 Å². The molecule has 0 aromatic carbocycles. The minimum absolute atomic E-state index is 1.00. The Bertz CT molecular complexity index is 56.1. The van der Waals surface area contributed by atoms with Gasteiger partial charge in [-0.15, -0.1) is 0 Å². The molecule has 0 aliphatic rings. The van der Waals surface area contributed by atoms with Crippen LogP contribution in [0.4, 0.5) is 0 Å². The molecule has 0 aromatic rings. The summed E-state index contributed by atoms with van der Waals surface area (Å²) in [6.45, 7) is 4.51. The van der Waals surface area contributed by atoms with Gasteiger partial charge < -0.3 is 5.21 Å². The first-order valence-electron chi connectivity index (χ1n) is 5.01. The third-order valence-electron chi connectivity index (χ3n) is 1.46. The lowest BCUT2D eigenvalue weighted by Gasteiger charge is -1.93. The van der Waals surface area contributed by atoms with Crippen LogP contribution in [-0.2, 0) is 0 Å². The van der Waals surface area contributed by atoms with E-state index in [1.807, 2.05) is 0 Å². The summed E-state index contributed by atoms with van der Waals surface area (Å²) in [6, 6.07) is 0. The molecule has 1 N–H and O–H groups in total. The van der Waals surface area contributed by atoms with Crippen LogP contribution in [0.25, 0.3) is 0 Å². The van der Waals surface area contributed by atoms with E-state index in [1.165, 1.54) is 38.5 Å². The maximum absolute atomic E-state index is 7.89. The molecule has 2 nitrogen and oxygen atoms in total. The van der Waals surface area contributed by atoms with Crippen LogP contribution in [0.2, 0.25) is 0 Å². The highest BCUT2D eigenvalue weighted by Gasteiger charge is 1.83. The van der Waals surface area contributed by atoms with Gasteiger partial charge in [0.2, 0.25) is 0 Å². The lowest BCUT2D eigenvalue weighted by molar-refractivity contribution is -0.0372. The van der Waals surface area contributed by atoms with Crippen LogP contribution in [0, 0.1) is 0 Å². The van der Waals surface area contributed by atoms with E-state index in [-0.39, 0.29) is 0 Å². The zero-order valence-electron chi connectivity index (χ0n) is 9.14. The van der Waals surface area contributed by atoms with E-state index < -0.39 is 0 Å². The van der Waals surface area contributed by atoms with E-state index in [0.717, 1.165) is 5.06 Å². The Morgan fingerprint density at radius 1 is 0.833 bits per heavy atom. The summed E-state index contributed by atoms with van der Waals surface area (Å²) >= 11 is 0. The fraction of sp³-hybridized carbons (Fsp3) is 1.00. The van der Waals surface area contributed by atoms with Gasteiger partial charge in [-0.2, -0.15) is 5.06 Å². The van der Waals surface area contributed by atoms with Crippen molar-refractivity contribution in [1.29, 1.82) is 0 Å². The van der Waals surface area contributed by atoms with Crippen LogP contribution in [0.5, 0.6) is 0 Å². The fourth-order valence-corrected chi connectivity index (χ4v) is 0.854. The Morgan fingerprint density at radius 3 is 1.25 bits per heavy atom. The minimum atomic E-state index is 1.00. The third kappa shape index (κ3) is 32.6. The summed E-state index contributed by atoms with van der Waals surface area (Å²) in [5.41, 5.74) is 0. The van der Waals surface area contributed by atoms with Gasteiger partial charge in [0.05, 0.1) is 0 Å². The molecule has 0 rings (SSSR count). The van der Waals surface area contributed by atoms with Crippen LogP contribution in [-0.4, -0.2) is 24.4 Å². The van der Waals surface area contributed by atoms with E-state index in [4.69, 9.17) is 5.21 Å². The summed E-state index contributed by atoms with van der Waals surface area (Å²) in [7, 11) is 3.11. The first-order chi connectivity index (χ1) is 5.65. The molecule has 0 amide bonds. The summed E-state index contributed by atoms with van der Waals surface area (Å²) in [5, 5.41) is 8.89. The number of unbranched alkanes of at least 4 members (excludes halogenated alkanes) is 5. The summed E-state index contributed by atoms with van der Waals surface area (Å²) in [4.78, 5) is 0. The average molecular weight is 175 g/mol. The molecule has 0 atom stereocenters. The Hall–Kier alpha value is -0.0800. The van der Waals surface area contributed by atoms with Gasteiger partial charge in [-0.25, -0.2) is 0 Å². The van der Waals surface area contributed by atoms with Crippen LogP contribution in [0.1, 0.15) is 52.4 Å². The Morgan fingerprint density at radius 2 is 1.08 bits per heavy atom. The van der Waals surface area contributed by atoms with Crippen molar-refractivity contribution in [1.82, 2.24) is 5.06 Å². The van der Waals surface area contributed by atoms with Crippen molar-refractivity contribution in [2.24, 2.45) is 0 Å². The van der Waals surface area contributed by atoms with Gasteiger partial charge in [0, 0.05) is 14.1 Å². The predicted octanol–water partition coefficient (Wildman–Crippen LogP) is 3.30. The van der Waals surface area contributed by atoms with Crippen molar-refractivity contribution in [3.63, 3.8) is 0 Å².